The van der Waals surface area contributed by atoms with Crippen LogP contribution in [-0.4, -0.2) is 30.7 Å². The molecular formula is C23H28ClN3O3. The Morgan fingerprint density at radius 2 is 1.67 bits per heavy atom. The number of nitrogens with one attached hydrogen (secondary N) is 2. The molecule has 0 saturated carbocycles. The molecule has 0 aromatic heterocycles. The van der Waals surface area contributed by atoms with E-state index in [-0.39, 0.29) is 17.7 Å². The second kappa shape index (κ2) is 11.4. The number of hydrogen-bond donors (Lipinski definition) is 2. The molecule has 0 fully saturated rings. The lowest BCUT2D eigenvalue weighted by Gasteiger charge is -2.20. The molecule has 2 N–H and O–H groups in total. The number of amides is 2. The minimum atomic E-state index is -0.725. The van der Waals surface area contributed by atoms with E-state index in [0.717, 1.165) is 11.3 Å². The summed E-state index contributed by atoms with van der Waals surface area (Å²) in [6.07, 6.45) is 1.54. The Balaban J connectivity index is 1.93. The highest BCUT2D eigenvalue weighted by molar-refractivity contribution is 6.30. The lowest BCUT2D eigenvalue weighted by atomic mass is 10.0. The van der Waals surface area contributed by atoms with Crippen molar-refractivity contribution >= 4 is 29.6 Å². The van der Waals surface area contributed by atoms with Crippen LogP contribution in [0.25, 0.3) is 0 Å². The second-order valence-electron chi connectivity index (χ2n) is 7.71. The van der Waals surface area contributed by atoms with Gasteiger partial charge in [-0.1, -0.05) is 39.3 Å². The molecule has 2 rings (SSSR count). The molecule has 1 unspecified atom stereocenters. The smallest absolute Gasteiger partial charge is 0.262 e. The van der Waals surface area contributed by atoms with E-state index in [1.165, 1.54) is 0 Å². The molecule has 7 heteroatoms. The minimum Gasteiger partial charge on any atom is -0.493 e. The van der Waals surface area contributed by atoms with Crippen LogP contribution >= 0.6 is 11.6 Å². The summed E-state index contributed by atoms with van der Waals surface area (Å²) in [7, 11) is 0. The fourth-order valence-corrected chi connectivity index (χ4v) is 2.64. The molecule has 2 aromatic carbocycles. The number of hydrazone groups is 1. The number of carbonyl (C=O) groups excluding carboxylic acids is 2. The van der Waals surface area contributed by atoms with Crippen molar-refractivity contribution < 1.29 is 14.3 Å². The van der Waals surface area contributed by atoms with Crippen LogP contribution in [-0.2, 0) is 4.79 Å². The zero-order valence-electron chi connectivity index (χ0n) is 17.7. The molecule has 2 aromatic rings. The molecule has 0 bridgehead atoms. The van der Waals surface area contributed by atoms with E-state index in [1.807, 2.05) is 38.1 Å². The molecule has 6 nitrogen and oxygen atoms in total. The number of rotatable bonds is 9. The Morgan fingerprint density at radius 1 is 1.03 bits per heavy atom. The first kappa shape index (κ1) is 23.4. The molecular weight excluding hydrogens is 402 g/mol. The SMILES string of the molecule is CC(C)COc1ccc(C=NNC(=O)C(NC(=O)c2ccc(Cl)cc2)C(C)C)cc1. The number of halogens is 1. The highest BCUT2D eigenvalue weighted by Crippen LogP contribution is 2.13. The molecule has 0 heterocycles. The number of hydrogen-bond acceptors (Lipinski definition) is 4. The van der Waals surface area contributed by atoms with Crippen LogP contribution in [0.1, 0.15) is 43.6 Å². The molecule has 0 radical (unpaired) electrons. The maximum atomic E-state index is 12.5. The Morgan fingerprint density at radius 3 is 2.23 bits per heavy atom. The topological polar surface area (TPSA) is 79.8 Å². The van der Waals surface area contributed by atoms with Gasteiger partial charge in [-0.2, -0.15) is 5.10 Å². The summed E-state index contributed by atoms with van der Waals surface area (Å²) in [5.74, 6) is 0.390. The monoisotopic (exact) mass is 429 g/mol. The highest BCUT2D eigenvalue weighted by Gasteiger charge is 2.24. The lowest BCUT2D eigenvalue weighted by Crippen LogP contribution is -2.48. The van der Waals surface area contributed by atoms with Gasteiger partial charge in [0.05, 0.1) is 12.8 Å². The van der Waals surface area contributed by atoms with Gasteiger partial charge in [-0.15, -0.1) is 0 Å². The summed E-state index contributed by atoms with van der Waals surface area (Å²) in [6, 6.07) is 13.2. The van der Waals surface area contributed by atoms with E-state index in [0.29, 0.717) is 23.1 Å². The van der Waals surface area contributed by atoms with Crippen LogP contribution in [0.4, 0.5) is 0 Å². The van der Waals surface area contributed by atoms with Crippen molar-refractivity contribution in [2.45, 2.75) is 33.7 Å². The van der Waals surface area contributed by atoms with E-state index in [1.54, 1.807) is 30.5 Å². The van der Waals surface area contributed by atoms with E-state index >= 15 is 0 Å². The molecule has 0 aliphatic heterocycles. The number of ether oxygens (including phenoxy) is 1. The van der Waals surface area contributed by atoms with Gasteiger partial charge < -0.3 is 10.1 Å². The Bertz CT molecular complexity index is 862. The minimum absolute atomic E-state index is 0.117. The van der Waals surface area contributed by atoms with Gasteiger partial charge in [-0.25, -0.2) is 5.43 Å². The first-order valence-corrected chi connectivity index (χ1v) is 10.3. The standard InChI is InChI=1S/C23H28ClN3O3/c1-15(2)14-30-20-11-5-17(6-12-20)13-25-27-23(29)21(16(3)4)26-22(28)18-7-9-19(24)10-8-18/h5-13,15-16,21H,14H2,1-4H3,(H,26,28)(H,27,29). The molecule has 30 heavy (non-hydrogen) atoms. The molecule has 160 valence electrons. The third-order valence-electron chi connectivity index (χ3n) is 4.19. The quantitative estimate of drug-likeness (QED) is 0.461. The Kier molecular flexibility index (Phi) is 8.87. The van der Waals surface area contributed by atoms with Crippen molar-refractivity contribution in [3.8, 4) is 5.75 Å². The summed E-state index contributed by atoms with van der Waals surface area (Å²) in [6.45, 7) is 8.54. The van der Waals surface area contributed by atoms with Gasteiger partial charge in [0.15, 0.2) is 0 Å². The van der Waals surface area contributed by atoms with Crippen LogP contribution in [0.15, 0.2) is 53.6 Å². The van der Waals surface area contributed by atoms with Gasteiger partial charge in [0.1, 0.15) is 11.8 Å². The fourth-order valence-electron chi connectivity index (χ4n) is 2.51. The van der Waals surface area contributed by atoms with Crippen molar-refractivity contribution in [1.29, 1.82) is 0 Å². The summed E-state index contributed by atoms with van der Waals surface area (Å²) >= 11 is 5.85. The van der Waals surface area contributed by atoms with Gasteiger partial charge in [-0.3, -0.25) is 9.59 Å². The summed E-state index contributed by atoms with van der Waals surface area (Å²) < 4.78 is 5.64. The summed E-state index contributed by atoms with van der Waals surface area (Å²) in [5, 5.41) is 7.29. The van der Waals surface area contributed by atoms with Crippen LogP contribution in [0, 0.1) is 11.8 Å². The van der Waals surface area contributed by atoms with Crippen molar-refractivity contribution in [3.05, 3.63) is 64.7 Å². The van der Waals surface area contributed by atoms with Crippen LogP contribution in [0.3, 0.4) is 0 Å². The van der Waals surface area contributed by atoms with Crippen LogP contribution in [0.5, 0.6) is 5.75 Å². The molecule has 0 spiro atoms. The number of nitrogens with zero attached hydrogens (tertiary/aromatic N) is 1. The van der Waals surface area contributed by atoms with E-state index in [4.69, 9.17) is 16.3 Å². The molecule has 2 amide bonds. The average molecular weight is 430 g/mol. The zero-order valence-corrected chi connectivity index (χ0v) is 18.4. The van der Waals surface area contributed by atoms with Crippen molar-refractivity contribution in [2.75, 3.05) is 6.61 Å². The second-order valence-corrected chi connectivity index (χ2v) is 8.15. The first-order valence-electron chi connectivity index (χ1n) is 9.88. The molecule has 0 aliphatic rings. The first-order chi connectivity index (χ1) is 14.3. The fraction of sp³-hybridized carbons (Fsp3) is 0.348. The molecule has 1 atom stereocenters. The van der Waals surface area contributed by atoms with E-state index in [9.17, 15) is 9.59 Å². The van der Waals surface area contributed by atoms with Crippen molar-refractivity contribution in [2.24, 2.45) is 16.9 Å². The summed E-state index contributed by atoms with van der Waals surface area (Å²) in [5.41, 5.74) is 3.75. The van der Waals surface area contributed by atoms with Gasteiger partial charge in [0, 0.05) is 10.6 Å². The zero-order chi connectivity index (χ0) is 22.1. The number of benzene rings is 2. The predicted octanol–water partition coefficient (Wildman–Crippen LogP) is 4.28. The van der Waals surface area contributed by atoms with Crippen LogP contribution in [0.2, 0.25) is 5.02 Å². The average Bonchev–Trinajstić information content (AvgIpc) is 2.71. The number of carbonyl (C=O) groups is 2. The highest BCUT2D eigenvalue weighted by atomic mass is 35.5. The van der Waals surface area contributed by atoms with Gasteiger partial charge >= 0.3 is 0 Å². The normalized spacial score (nSPS) is 12.2. The van der Waals surface area contributed by atoms with Gasteiger partial charge in [0.25, 0.3) is 11.8 Å². The predicted molar refractivity (Wildman–Crippen MR) is 120 cm³/mol. The maximum Gasteiger partial charge on any atom is 0.262 e. The van der Waals surface area contributed by atoms with Gasteiger partial charge in [-0.05, 0) is 65.9 Å². The van der Waals surface area contributed by atoms with E-state index in [2.05, 4.69) is 29.7 Å². The summed E-state index contributed by atoms with van der Waals surface area (Å²) in [4.78, 5) is 24.9. The van der Waals surface area contributed by atoms with Crippen molar-refractivity contribution in [1.82, 2.24) is 10.7 Å². The lowest BCUT2D eigenvalue weighted by molar-refractivity contribution is -0.123. The molecule has 0 aliphatic carbocycles. The maximum absolute atomic E-state index is 12.5. The molecule has 0 saturated heterocycles. The van der Waals surface area contributed by atoms with Crippen molar-refractivity contribution in [3.63, 3.8) is 0 Å². The third-order valence-corrected chi connectivity index (χ3v) is 4.45. The van der Waals surface area contributed by atoms with Crippen LogP contribution < -0.4 is 15.5 Å². The Hall–Kier alpha value is -2.86. The van der Waals surface area contributed by atoms with Gasteiger partial charge in [0.2, 0.25) is 0 Å². The van der Waals surface area contributed by atoms with E-state index < -0.39 is 6.04 Å². The Labute approximate surface area is 182 Å². The largest absolute Gasteiger partial charge is 0.493 e. The third kappa shape index (κ3) is 7.52.